The summed E-state index contributed by atoms with van der Waals surface area (Å²) in [4.78, 5) is 1.24. The second-order valence-electron chi connectivity index (χ2n) is 3.71. The lowest BCUT2D eigenvalue weighted by Gasteiger charge is -2.23. The summed E-state index contributed by atoms with van der Waals surface area (Å²) < 4.78 is 0. The first-order chi connectivity index (χ1) is 8.34. The lowest BCUT2D eigenvalue weighted by Crippen LogP contribution is -2.33. The third-order valence-electron chi connectivity index (χ3n) is 2.60. The molecule has 2 N–H and O–H groups in total. The van der Waals surface area contributed by atoms with E-state index >= 15 is 0 Å². The zero-order chi connectivity index (χ0) is 11.7. The van der Waals surface area contributed by atoms with Gasteiger partial charge in [-0.25, -0.2) is 0 Å². The zero-order valence-electron chi connectivity index (χ0n) is 8.96. The molecule has 0 aliphatic carbocycles. The van der Waals surface area contributed by atoms with Crippen LogP contribution in [-0.4, -0.2) is 5.11 Å². The molecule has 5 heteroatoms. The maximum absolute atomic E-state index is 5.19. The smallest absolute Gasteiger partial charge is 0.187 e. The summed E-state index contributed by atoms with van der Waals surface area (Å²) in [6.45, 7) is 0. The molecule has 1 aromatic heterocycles. The van der Waals surface area contributed by atoms with Crippen LogP contribution in [0.5, 0.6) is 0 Å². The Labute approximate surface area is 109 Å². The minimum absolute atomic E-state index is 0.0740. The third-order valence-corrected chi connectivity index (χ3v) is 3.73. The molecule has 0 radical (unpaired) electrons. The van der Waals surface area contributed by atoms with Gasteiger partial charge in [0.1, 0.15) is 0 Å². The topological polar surface area (TPSA) is 27.3 Å². The molecule has 0 amide bonds. The van der Waals surface area contributed by atoms with Gasteiger partial charge in [-0.15, -0.1) is 11.3 Å². The molecule has 86 valence electrons. The van der Waals surface area contributed by atoms with Gasteiger partial charge in [-0.05, 0) is 35.8 Å². The minimum atomic E-state index is 0.0740. The summed E-state index contributed by atoms with van der Waals surface area (Å²) in [5, 5.41) is 8.04. The maximum atomic E-state index is 5.19. The number of anilines is 1. The molecule has 0 saturated carbocycles. The molecular formula is C12H11N3S2. The largest absolute Gasteiger partial charge is 0.335 e. The van der Waals surface area contributed by atoms with Gasteiger partial charge in [0.15, 0.2) is 11.3 Å². The number of hydrazine groups is 1. The summed E-state index contributed by atoms with van der Waals surface area (Å²) in [7, 11) is 0. The van der Waals surface area contributed by atoms with Crippen LogP contribution < -0.4 is 15.8 Å². The molecule has 0 unspecified atom stereocenters. The van der Waals surface area contributed by atoms with Crippen LogP contribution >= 0.6 is 23.6 Å². The number of rotatable bonds is 2. The van der Waals surface area contributed by atoms with Crippen molar-refractivity contribution in [3.63, 3.8) is 0 Å². The number of nitrogens with zero attached hydrogens (tertiary/aromatic N) is 1. The van der Waals surface area contributed by atoms with E-state index in [4.69, 9.17) is 12.2 Å². The second-order valence-corrected chi connectivity index (χ2v) is 5.10. The molecule has 3 rings (SSSR count). The van der Waals surface area contributed by atoms with E-state index in [2.05, 4.69) is 34.3 Å². The van der Waals surface area contributed by atoms with Gasteiger partial charge in [0.05, 0.1) is 5.69 Å². The molecular weight excluding hydrogens is 250 g/mol. The van der Waals surface area contributed by atoms with Gasteiger partial charge in [-0.2, -0.15) is 0 Å². The molecule has 0 spiro atoms. The van der Waals surface area contributed by atoms with Crippen LogP contribution in [0.3, 0.4) is 0 Å². The molecule has 1 atom stereocenters. The molecule has 17 heavy (non-hydrogen) atoms. The van der Waals surface area contributed by atoms with E-state index in [0.29, 0.717) is 5.11 Å². The van der Waals surface area contributed by atoms with Gasteiger partial charge in [0, 0.05) is 4.88 Å². The van der Waals surface area contributed by atoms with Crippen molar-refractivity contribution >= 4 is 34.4 Å². The Morgan fingerprint density at radius 2 is 1.94 bits per heavy atom. The number of nitrogens with one attached hydrogen (secondary N) is 2. The molecule has 1 aromatic carbocycles. The van der Waals surface area contributed by atoms with Gasteiger partial charge in [-0.1, -0.05) is 24.3 Å². The van der Waals surface area contributed by atoms with E-state index in [0.717, 1.165) is 5.69 Å². The van der Waals surface area contributed by atoms with Crippen molar-refractivity contribution in [3.05, 3.63) is 52.7 Å². The number of thiocarbonyl (C=S) groups is 1. The van der Waals surface area contributed by atoms with E-state index in [1.54, 1.807) is 11.3 Å². The first-order valence-electron chi connectivity index (χ1n) is 5.29. The van der Waals surface area contributed by atoms with Crippen molar-refractivity contribution < 1.29 is 0 Å². The molecule has 2 aromatic rings. The van der Waals surface area contributed by atoms with Crippen LogP contribution in [0.1, 0.15) is 11.0 Å². The highest BCUT2D eigenvalue weighted by molar-refractivity contribution is 7.80. The predicted octanol–water partition coefficient (Wildman–Crippen LogP) is 2.65. The molecule has 1 fully saturated rings. The van der Waals surface area contributed by atoms with E-state index in [1.807, 2.05) is 29.3 Å². The highest BCUT2D eigenvalue weighted by Crippen LogP contribution is 2.28. The highest BCUT2D eigenvalue weighted by atomic mass is 32.1. The van der Waals surface area contributed by atoms with Crippen LogP contribution in [0.15, 0.2) is 47.8 Å². The fourth-order valence-electron chi connectivity index (χ4n) is 1.84. The molecule has 2 heterocycles. The standard InChI is InChI=1S/C12H11N3S2/c16-12-13-11(10-7-4-8-17-10)15(14-12)9-5-2-1-3-6-9/h1-8,11H,(H2,13,14,16)/t11-/m1/s1. The van der Waals surface area contributed by atoms with Crippen LogP contribution in [0.4, 0.5) is 5.69 Å². The SMILES string of the molecule is S=C1N[C@@H](c2cccs2)N(c2ccccc2)N1. The molecule has 0 bridgehead atoms. The monoisotopic (exact) mass is 261 g/mol. The van der Waals surface area contributed by atoms with E-state index in [1.165, 1.54) is 4.88 Å². The fourth-order valence-corrected chi connectivity index (χ4v) is 2.82. The first kappa shape index (κ1) is 10.6. The average molecular weight is 261 g/mol. The Hall–Kier alpha value is -1.59. The first-order valence-corrected chi connectivity index (χ1v) is 6.58. The van der Waals surface area contributed by atoms with Crippen LogP contribution in [-0.2, 0) is 0 Å². The summed E-state index contributed by atoms with van der Waals surface area (Å²) in [6, 6.07) is 14.3. The van der Waals surface area contributed by atoms with Crippen LogP contribution in [0.25, 0.3) is 0 Å². The Bertz CT molecular complexity index is 510. The summed E-state index contributed by atoms with van der Waals surface area (Å²) in [5.41, 5.74) is 4.26. The zero-order valence-corrected chi connectivity index (χ0v) is 10.6. The number of hydrogen-bond donors (Lipinski definition) is 2. The average Bonchev–Trinajstić information content (AvgIpc) is 2.98. The molecule has 3 nitrogen and oxygen atoms in total. The van der Waals surface area contributed by atoms with Gasteiger partial charge < -0.3 is 5.32 Å². The Balaban J connectivity index is 1.95. The van der Waals surface area contributed by atoms with Crippen molar-refractivity contribution in [2.24, 2.45) is 0 Å². The van der Waals surface area contributed by atoms with E-state index in [-0.39, 0.29) is 6.17 Å². The van der Waals surface area contributed by atoms with E-state index in [9.17, 15) is 0 Å². The van der Waals surface area contributed by atoms with Crippen molar-refractivity contribution in [1.82, 2.24) is 10.7 Å². The second kappa shape index (κ2) is 4.35. The van der Waals surface area contributed by atoms with Crippen LogP contribution in [0.2, 0.25) is 0 Å². The Morgan fingerprint density at radius 3 is 2.65 bits per heavy atom. The number of hydrogen-bond acceptors (Lipinski definition) is 3. The Kier molecular flexibility index (Phi) is 2.70. The van der Waals surface area contributed by atoms with Crippen molar-refractivity contribution in [1.29, 1.82) is 0 Å². The number of benzene rings is 1. The number of thiophene rings is 1. The van der Waals surface area contributed by atoms with Gasteiger partial charge >= 0.3 is 0 Å². The van der Waals surface area contributed by atoms with Crippen LogP contribution in [0, 0.1) is 0 Å². The normalized spacial score (nSPS) is 18.9. The molecule has 1 saturated heterocycles. The lowest BCUT2D eigenvalue weighted by molar-refractivity contribution is 0.654. The predicted molar refractivity (Wildman–Crippen MR) is 74.9 cm³/mol. The lowest BCUT2D eigenvalue weighted by atomic mass is 10.3. The van der Waals surface area contributed by atoms with Crippen molar-refractivity contribution in [2.45, 2.75) is 6.17 Å². The van der Waals surface area contributed by atoms with Gasteiger partial charge in [0.25, 0.3) is 0 Å². The summed E-state index contributed by atoms with van der Waals surface area (Å²) >= 11 is 6.90. The fraction of sp³-hybridized carbons (Fsp3) is 0.0833. The number of para-hydroxylation sites is 1. The van der Waals surface area contributed by atoms with Gasteiger partial charge in [-0.3, -0.25) is 10.4 Å². The molecule has 1 aliphatic rings. The van der Waals surface area contributed by atoms with Crippen molar-refractivity contribution in [3.8, 4) is 0 Å². The van der Waals surface area contributed by atoms with Gasteiger partial charge in [0.2, 0.25) is 0 Å². The molecule has 1 aliphatic heterocycles. The van der Waals surface area contributed by atoms with E-state index < -0.39 is 0 Å². The maximum Gasteiger partial charge on any atom is 0.187 e. The summed E-state index contributed by atoms with van der Waals surface area (Å²) in [6.07, 6.45) is 0.0740. The summed E-state index contributed by atoms with van der Waals surface area (Å²) in [5.74, 6) is 0. The quantitative estimate of drug-likeness (QED) is 0.813. The highest BCUT2D eigenvalue weighted by Gasteiger charge is 2.29. The van der Waals surface area contributed by atoms with Crippen molar-refractivity contribution in [2.75, 3.05) is 5.01 Å². The Morgan fingerprint density at radius 1 is 1.12 bits per heavy atom. The third kappa shape index (κ3) is 1.99. The minimum Gasteiger partial charge on any atom is -0.335 e.